The number of carbonyl (C=O) groups is 1. The van der Waals surface area contributed by atoms with Gasteiger partial charge in [0.25, 0.3) is 5.91 Å². The van der Waals surface area contributed by atoms with Gasteiger partial charge >= 0.3 is 0 Å². The molecule has 4 rings (SSSR count). The van der Waals surface area contributed by atoms with Crippen LogP contribution in [-0.4, -0.2) is 66.3 Å². The lowest BCUT2D eigenvalue weighted by Crippen LogP contribution is -2.34. The fraction of sp³-hybridized carbons (Fsp3) is 0.357. The predicted octanol–water partition coefficient (Wildman–Crippen LogP) is 3.85. The third-order valence-electron chi connectivity index (χ3n) is 6.16. The maximum absolute atomic E-state index is 13.2. The van der Waals surface area contributed by atoms with E-state index in [0.29, 0.717) is 31.7 Å². The number of aromatic nitrogens is 3. The Morgan fingerprint density at radius 3 is 2.81 bits per heavy atom. The first-order valence-corrected chi connectivity index (χ1v) is 12.7. The van der Waals surface area contributed by atoms with E-state index < -0.39 is 6.67 Å². The molecule has 0 unspecified atom stereocenters. The predicted molar refractivity (Wildman–Crippen MR) is 147 cm³/mol. The molecule has 0 fully saturated rings. The minimum atomic E-state index is -0.391. The zero-order chi connectivity index (χ0) is 26.0. The number of hydrogen-bond acceptors (Lipinski definition) is 6. The number of anilines is 1. The molecule has 2 N–H and O–H groups in total. The maximum atomic E-state index is 13.2. The van der Waals surface area contributed by atoms with Crippen LogP contribution in [0.1, 0.15) is 41.3 Å². The lowest BCUT2D eigenvalue weighted by molar-refractivity contribution is 0.0965. The fourth-order valence-electron chi connectivity index (χ4n) is 4.16. The van der Waals surface area contributed by atoms with Crippen molar-refractivity contribution in [1.82, 2.24) is 25.4 Å². The number of halogens is 1. The molecule has 1 amide bonds. The Balaban J connectivity index is 1.50. The van der Waals surface area contributed by atoms with Gasteiger partial charge < -0.3 is 15.5 Å². The molecule has 194 valence electrons. The summed E-state index contributed by atoms with van der Waals surface area (Å²) in [4.78, 5) is 24.3. The molecule has 37 heavy (non-hydrogen) atoms. The van der Waals surface area contributed by atoms with Crippen LogP contribution in [0, 0.1) is 0 Å². The van der Waals surface area contributed by atoms with Gasteiger partial charge in [-0.25, -0.2) is 9.37 Å². The van der Waals surface area contributed by atoms with Gasteiger partial charge in [0.2, 0.25) is 0 Å². The molecule has 0 saturated carbocycles. The Hall–Kier alpha value is -3.85. The van der Waals surface area contributed by atoms with Crippen molar-refractivity contribution in [2.45, 2.75) is 19.8 Å². The second-order valence-electron chi connectivity index (χ2n) is 9.02. The molecule has 1 aliphatic heterocycles. The topological polar surface area (TPSA) is 87.4 Å². The van der Waals surface area contributed by atoms with E-state index in [1.807, 2.05) is 43.9 Å². The van der Waals surface area contributed by atoms with Crippen LogP contribution in [-0.2, 0) is 7.05 Å². The number of nitrogens with zero attached hydrogens (tertiary/aromatic N) is 5. The number of unbranched alkanes of at least 4 members (excludes halogenated alkanes) is 1. The molecule has 0 bridgehead atoms. The van der Waals surface area contributed by atoms with Gasteiger partial charge in [-0.3, -0.25) is 14.5 Å². The third kappa shape index (κ3) is 7.10. The molecule has 0 radical (unpaired) electrons. The van der Waals surface area contributed by atoms with Crippen molar-refractivity contribution in [3.8, 4) is 11.1 Å². The van der Waals surface area contributed by atoms with Crippen LogP contribution in [0.25, 0.3) is 17.2 Å². The highest BCUT2D eigenvalue weighted by Crippen LogP contribution is 2.24. The summed E-state index contributed by atoms with van der Waals surface area (Å²) in [6, 6.07) is 9.70. The molecule has 0 spiro atoms. The van der Waals surface area contributed by atoms with Gasteiger partial charge in [-0.05, 0) is 47.4 Å². The van der Waals surface area contributed by atoms with Gasteiger partial charge in [0.05, 0.1) is 12.7 Å². The molecule has 3 aromatic rings. The monoisotopic (exact) mass is 503 g/mol. The number of aryl methyl sites for hydroxylation is 1. The Bertz CT molecular complexity index is 1270. The maximum Gasteiger partial charge on any atom is 0.255 e. The first kappa shape index (κ1) is 26.2. The number of rotatable bonds is 12. The van der Waals surface area contributed by atoms with Crippen molar-refractivity contribution in [1.29, 1.82) is 0 Å². The van der Waals surface area contributed by atoms with Crippen molar-refractivity contribution in [3.63, 3.8) is 0 Å². The van der Waals surface area contributed by atoms with Crippen molar-refractivity contribution < 1.29 is 9.18 Å². The normalized spacial score (nSPS) is 12.6. The molecule has 1 aliphatic rings. The van der Waals surface area contributed by atoms with Crippen LogP contribution in [0.3, 0.4) is 0 Å². The molecule has 0 atom stereocenters. The number of carbonyl (C=O) groups excluding carboxylic acids is 1. The molecule has 9 heteroatoms. The Morgan fingerprint density at radius 1 is 1.14 bits per heavy atom. The lowest BCUT2D eigenvalue weighted by atomic mass is 10.0. The summed E-state index contributed by atoms with van der Waals surface area (Å²) in [5.74, 6) is 0.533. The van der Waals surface area contributed by atoms with E-state index in [4.69, 9.17) is 0 Å². The highest BCUT2D eigenvalue weighted by molar-refractivity contribution is 5.97. The summed E-state index contributed by atoms with van der Waals surface area (Å²) in [6.45, 7) is 4.62. The Kier molecular flexibility index (Phi) is 9.15. The number of fused-ring (bicyclic) bond motifs is 1. The zero-order valence-electron chi connectivity index (χ0n) is 21.5. The number of nitrogens with one attached hydrogen (secondary N) is 2. The van der Waals surface area contributed by atoms with E-state index in [0.717, 1.165) is 53.2 Å². The minimum Gasteiger partial charge on any atom is -0.355 e. The summed E-state index contributed by atoms with van der Waals surface area (Å²) >= 11 is 0. The minimum absolute atomic E-state index is 0.206. The number of pyridine rings is 1. The van der Waals surface area contributed by atoms with Crippen molar-refractivity contribution in [3.05, 3.63) is 71.3 Å². The quantitative estimate of drug-likeness (QED) is 0.367. The Labute approximate surface area is 217 Å². The van der Waals surface area contributed by atoms with Gasteiger partial charge in [0, 0.05) is 68.7 Å². The zero-order valence-corrected chi connectivity index (χ0v) is 21.5. The number of alkyl halides is 1. The van der Waals surface area contributed by atoms with Crippen LogP contribution in [0.4, 0.5) is 10.2 Å². The molecular weight excluding hydrogens is 469 g/mol. The molecule has 2 aromatic heterocycles. The highest BCUT2D eigenvalue weighted by atomic mass is 19.1. The van der Waals surface area contributed by atoms with E-state index >= 15 is 0 Å². The number of benzene rings is 1. The second-order valence-corrected chi connectivity index (χ2v) is 9.02. The summed E-state index contributed by atoms with van der Waals surface area (Å²) in [5, 5.41) is 10.4. The molecule has 0 saturated heterocycles. The van der Waals surface area contributed by atoms with E-state index in [1.54, 1.807) is 16.9 Å². The molecule has 0 aliphatic carbocycles. The number of hydrogen-bond donors (Lipinski definition) is 2. The summed E-state index contributed by atoms with van der Waals surface area (Å²) < 4.78 is 14.2. The van der Waals surface area contributed by atoms with E-state index in [2.05, 4.69) is 49.7 Å². The molecular formula is C28H34FN7O. The smallest absolute Gasteiger partial charge is 0.255 e. The average molecular weight is 504 g/mol. The van der Waals surface area contributed by atoms with Gasteiger partial charge in [-0.1, -0.05) is 25.5 Å². The van der Waals surface area contributed by atoms with E-state index in [1.165, 1.54) is 0 Å². The Morgan fingerprint density at radius 2 is 2.03 bits per heavy atom. The van der Waals surface area contributed by atoms with Crippen molar-refractivity contribution >= 4 is 24.0 Å². The second kappa shape index (κ2) is 12.9. The van der Waals surface area contributed by atoms with Gasteiger partial charge in [-0.2, -0.15) is 5.10 Å². The molecule has 3 heterocycles. The van der Waals surface area contributed by atoms with Crippen molar-refractivity contribution in [2.75, 3.05) is 44.3 Å². The summed E-state index contributed by atoms with van der Waals surface area (Å²) in [6.07, 6.45) is 11.3. The summed E-state index contributed by atoms with van der Waals surface area (Å²) in [7, 11) is 1.89. The largest absolute Gasteiger partial charge is 0.355 e. The van der Waals surface area contributed by atoms with Crippen LogP contribution in [0.2, 0.25) is 0 Å². The molecule has 8 nitrogen and oxygen atoms in total. The average Bonchev–Trinajstić information content (AvgIpc) is 3.24. The van der Waals surface area contributed by atoms with E-state index in [-0.39, 0.29) is 5.91 Å². The fourth-order valence-corrected chi connectivity index (χ4v) is 4.16. The van der Waals surface area contributed by atoms with Crippen LogP contribution >= 0.6 is 0 Å². The lowest BCUT2D eigenvalue weighted by Gasteiger charge is -2.24. The summed E-state index contributed by atoms with van der Waals surface area (Å²) in [5.41, 5.74) is 5.32. The van der Waals surface area contributed by atoms with Gasteiger partial charge in [0.15, 0.2) is 0 Å². The first-order valence-electron chi connectivity index (χ1n) is 12.7. The first-order chi connectivity index (χ1) is 18.1. The third-order valence-corrected chi connectivity index (χ3v) is 6.16. The molecule has 1 aromatic carbocycles. The van der Waals surface area contributed by atoms with Crippen molar-refractivity contribution in [2.24, 2.45) is 12.0 Å². The van der Waals surface area contributed by atoms with Crippen LogP contribution in [0.5, 0.6) is 0 Å². The van der Waals surface area contributed by atoms with Gasteiger partial charge in [0.1, 0.15) is 12.5 Å². The van der Waals surface area contributed by atoms with E-state index in [9.17, 15) is 9.18 Å². The number of aliphatic imine (C=N–C) groups is 1. The standard InChI is InChI=1S/C28H34FN7O/c1-3-4-12-36(13-11-30-10-8-29)27-16-22(7-9-32-27)28(37)34-26-15-24-14-21(25-18-33-35(2)20-25)5-6-23(24)17-31-19-26/h5-7,9,14-18,20,30H,3-4,8,10-13,19H2,1-2H3,(H,34,37). The number of amides is 1. The SMILES string of the molecule is CCCCN(CCNCCF)c1cc(C(=O)NC2=Cc3cc(-c4cnn(C)c4)ccc3C=NC2)ccn1. The van der Waals surface area contributed by atoms with Crippen LogP contribution < -0.4 is 15.5 Å². The highest BCUT2D eigenvalue weighted by Gasteiger charge is 2.15. The van der Waals surface area contributed by atoms with Gasteiger partial charge in [-0.15, -0.1) is 0 Å². The van der Waals surface area contributed by atoms with Crippen LogP contribution in [0.15, 0.2) is 59.6 Å².